The number of fused-ring (bicyclic) bond motifs is 1. The first-order valence-electron chi connectivity index (χ1n) is 14.8. The van der Waals surface area contributed by atoms with Gasteiger partial charge in [0.1, 0.15) is 11.6 Å². The number of likely N-dealkylation sites (tertiary alicyclic amines) is 1. The standard InChI is InChI=1S/C33H35ClFN5O4/c1-4-39-20-36-16-25(39)18-40-24(14-21(2)32(41)42)17-37-30(40)19-38-12-10-22(11-13-38)26-6-5-7-29-31(26)44-33(3,43-29)27-9-8-23(34)15-28(27)35/h5-9,14-17,20,22H,4,10-13,18-19H2,1-3H3,(H,41,42)/b21-14+/t33-/m1/s1. The third-order valence-electron chi connectivity index (χ3n) is 8.55. The highest BCUT2D eigenvalue weighted by atomic mass is 35.5. The number of carboxylic acids is 1. The molecule has 0 amide bonds. The van der Waals surface area contributed by atoms with Gasteiger partial charge in [0.2, 0.25) is 0 Å². The largest absolute Gasteiger partial charge is 0.478 e. The molecule has 0 bridgehead atoms. The molecule has 9 nitrogen and oxygen atoms in total. The van der Waals surface area contributed by atoms with E-state index in [-0.39, 0.29) is 11.5 Å². The number of aryl methyl sites for hydroxylation is 1. The summed E-state index contributed by atoms with van der Waals surface area (Å²) < 4.78 is 31.5. The van der Waals surface area contributed by atoms with Crippen molar-refractivity contribution in [3.05, 3.63) is 99.9 Å². The molecular formula is C33H35ClFN5O4. The Hall–Kier alpha value is -4.15. The van der Waals surface area contributed by atoms with E-state index in [1.165, 1.54) is 6.07 Å². The van der Waals surface area contributed by atoms with Crippen LogP contribution < -0.4 is 9.47 Å². The first kappa shape index (κ1) is 29.9. The van der Waals surface area contributed by atoms with Gasteiger partial charge in [0.25, 0.3) is 5.79 Å². The molecule has 2 aliphatic rings. The predicted molar refractivity (Wildman–Crippen MR) is 164 cm³/mol. The van der Waals surface area contributed by atoms with Gasteiger partial charge in [-0.3, -0.25) is 4.90 Å². The summed E-state index contributed by atoms with van der Waals surface area (Å²) in [6.07, 6.45) is 8.86. The van der Waals surface area contributed by atoms with Crippen LogP contribution in [0.4, 0.5) is 4.39 Å². The summed E-state index contributed by atoms with van der Waals surface area (Å²) >= 11 is 5.97. The number of para-hydroxylation sites is 1. The molecule has 4 aromatic rings. The number of piperidine rings is 1. The zero-order chi connectivity index (χ0) is 31.0. The number of halogens is 2. The third kappa shape index (κ3) is 5.84. The number of benzene rings is 2. The van der Waals surface area contributed by atoms with Crippen molar-refractivity contribution in [1.82, 2.24) is 24.0 Å². The minimum Gasteiger partial charge on any atom is -0.478 e. The molecule has 4 heterocycles. The van der Waals surface area contributed by atoms with Gasteiger partial charge >= 0.3 is 5.97 Å². The van der Waals surface area contributed by atoms with Crippen molar-refractivity contribution < 1.29 is 23.8 Å². The highest BCUT2D eigenvalue weighted by Crippen LogP contribution is 2.49. The zero-order valence-corrected chi connectivity index (χ0v) is 25.7. The van der Waals surface area contributed by atoms with Crippen LogP contribution in [0.3, 0.4) is 0 Å². The molecule has 0 aliphatic carbocycles. The van der Waals surface area contributed by atoms with E-state index in [0.717, 1.165) is 55.3 Å². The number of hydrogen-bond acceptors (Lipinski definition) is 6. The maximum atomic E-state index is 14.8. The minimum absolute atomic E-state index is 0.248. The Balaban J connectivity index is 1.18. The lowest BCUT2D eigenvalue weighted by Crippen LogP contribution is -2.34. The van der Waals surface area contributed by atoms with E-state index in [2.05, 4.69) is 32.0 Å². The Kier molecular flexibility index (Phi) is 8.22. The molecule has 1 saturated heterocycles. The molecule has 0 saturated carbocycles. The highest BCUT2D eigenvalue weighted by molar-refractivity contribution is 6.30. The second-order valence-corrected chi connectivity index (χ2v) is 11.9. The van der Waals surface area contributed by atoms with Crippen molar-refractivity contribution >= 4 is 23.6 Å². The first-order valence-corrected chi connectivity index (χ1v) is 15.2. The summed E-state index contributed by atoms with van der Waals surface area (Å²) in [6, 6.07) is 10.4. The van der Waals surface area contributed by atoms with Crippen LogP contribution in [-0.2, 0) is 30.2 Å². The molecule has 11 heteroatoms. The topological polar surface area (TPSA) is 94.6 Å². The number of ether oxygens (including phenoxy) is 2. The van der Waals surface area contributed by atoms with Gasteiger partial charge in [-0.15, -0.1) is 0 Å². The molecule has 0 radical (unpaired) electrons. The molecule has 2 aliphatic heterocycles. The SMILES string of the molecule is CCn1cncc1Cn1c(/C=C(\C)C(=O)O)cnc1CN1CCC(c2cccc3c2O[C@](C)(c2ccc(Cl)cc2F)O3)CC1. The fourth-order valence-electron chi connectivity index (χ4n) is 6.10. The molecule has 1 atom stereocenters. The molecule has 0 spiro atoms. The van der Waals surface area contributed by atoms with Crippen molar-refractivity contribution in [3.63, 3.8) is 0 Å². The smallest absolute Gasteiger partial charge is 0.331 e. The number of rotatable bonds is 9. The maximum Gasteiger partial charge on any atom is 0.331 e. The lowest BCUT2D eigenvalue weighted by molar-refractivity contribution is -0.132. The van der Waals surface area contributed by atoms with E-state index in [4.69, 9.17) is 26.1 Å². The quantitative estimate of drug-likeness (QED) is 0.215. The molecule has 2 aromatic heterocycles. The van der Waals surface area contributed by atoms with E-state index in [9.17, 15) is 14.3 Å². The van der Waals surface area contributed by atoms with Gasteiger partial charge in [0, 0.05) is 35.8 Å². The fraction of sp³-hybridized carbons (Fsp3) is 0.364. The minimum atomic E-state index is -1.29. The van der Waals surface area contributed by atoms with Crippen molar-refractivity contribution in [1.29, 1.82) is 0 Å². The van der Waals surface area contributed by atoms with Gasteiger partial charge in [-0.1, -0.05) is 23.7 Å². The van der Waals surface area contributed by atoms with Crippen LogP contribution in [0.5, 0.6) is 11.5 Å². The average molecular weight is 620 g/mol. The number of nitrogens with zero attached hydrogens (tertiary/aromatic N) is 5. The summed E-state index contributed by atoms with van der Waals surface area (Å²) in [5, 5.41) is 9.78. The molecule has 2 aromatic carbocycles. The van der Waals surface area contributed by atoms with Crippen molar-refractivity contribution in [2.75, 3.05) is 13.1 Å². The molecule has 1 N–H and O–H groups in total. The van der Waals surface area contributed by atoms with Gasteiger partial charge in [0.15, 0.2) is 11.5 Å². The van der Waals surface area contributed by atoms with Crippen molar-refractivity contribution in [3.8, 4) is 11.5 Å². The number of aromatic nitrogens is 4. The van der Waals surface area contributed by atoms with Gasteiger partial charge in [-0.25, -0.2) is 19.2 Å². The number of imidazole rings is 2. The Morgan fingerprint density at radius 3 is 2.70 bits per heavy atom. The van der Waals surface area contributed by atoms with Crippen LogP contribution in [0.1, 0.15) is 67.9 Å². The highest BCUT2D eigenvalue weighted by Gasteiger charge is 2.43. The summed E-state index contributed by atoms with van der Waals surface area (Å²) in [5.74, 6) is -0.336. The van der Waals surface area contributed by atoms with E-state index in [1.54, 1.807) is 44.6 Å². The first-order chi connectivity index (χ1) is 21.1. The van der Waals surface area contributed by atoms with E-state index < -0.39 is 17.6 Å². The average Bonchev–Trinajstić information content (AvgIpc) is 3.70. The Morgan fingerprint density at radius 1 is 1.18 bits per heavy atom. The number of aliphatic carboxylic acids is 1. The van der Waals surface area contributed by atoms with Gasteiger partial charge in [-0.05, 0) is 76.0 Å². The number of hydrogen-bond donors (Lipinski definition) is 1. The lowest BCUT2D eigenvalue weighted by atomic mass is 9.88. The summed E-state index contributed by atoms with van der Waals surface area (Å²) in [4.78, 5) is 22.9. The normalized spacial score (nSPS) is 19.1. The van der Waals surface area contributed by atoms with Gasteiger partial charge in [0.05, 0.1) is 42.6 Å². The Bertz CT molecular complexity index is 1720. The van der Waals surface area contributed by atoms with E-state index in [0.29, 0.717) is 35.2 Å². The predicted octanol–water partition coefficient (Wildman–Crippen LogP) is 6.45. The molecule has 0 unspecified atom stereocenters. The van der Waals surface area contributed by atoms with Crippen LogP contribution in [0.25, 0.3) is 6.08 Å². The van der Waals surface area contributed by atoms with Crippen molar-refractivity contribution in [2.24, 2.45) is 0 Å². The molecule has 6 rings (SSSR count). The van der Waals surface area contributed by atoms with Crippen LogP contribution >= 0.6 is 11.6 Å². The number of carboxylic acid groups (broad SMARTS) is 1. The molecular weight excluding hydrogens is 585 g/mol. The van der Waals surface area contributed by atoms with Crippen LogP contribution in [0.2, 0.25) is 5.02 Å². The fourth-order valence-corrected chi connectivity index (χ4v) is 6.26. The second kappa shape index (κ2) is 12.1. The Morgan fingerprint density at radius 2 is 1.98 bits per heavy atom. The van der Waals surface area contributed by atoms with Gasteiger partial charge in [-0.2, -0.15) is 0 Å². The molecule has 1 fully saturated rings. The van der Waals surface area contributed by atoms with Crippen LogP contribution in [0, 0.1) is 5.82 Å². The van der Waals surface area contributed by atoms with Gasteiger partial charge < -0.3 is 23.7 Å². The third-order valence-corrected chi connectivity index (χ3v) is 8.79. The number of carbonyl (C=O) groups is 1. The van der Waals surface area contributed by atoms with Crippen LogP contribution in [-0.4, -0.2) is 48.2 Å². The van der Waals surface area contributed by atoms with Crippen LogP contribution in [0.15, 0.2) is 60.7 Å². The monoisotopic (exact) mass is 619 g/mol. The van der Waals surface area contributed by atoms with E-state index >= 15 is 0 Å². The lowest BCUT2D eigenvalue weighted by Gasteiger charge is -2.32. The van der Waals surface area contributed by atoms with E-state index in [1.807, 2.05) is 18.3 Å². The molecule has 44 heavy (non-hydrogen) atoms. The zero-order valence-electron chi connectivity index (χ0n) is 25.0. The summed E-state index contributed by atoms with van der Waals surface area (Å²) in [6.45, 7) is 9.03. The summed E-state index contributed by atoms with van der Waals surface area (Å²) in [7, 11) is 0. The maximum absolute atomic E-state index is 14.8. The molecule has 230 valence electrons. The Labute approximate surface area is 260 Å². The summed E-state index contributed by atoms with van der Waals surface area (Å²) in [5.41, 5.74) is 3.38. The second-order valence-electron chi connectivity index (χ2n) is 11.5. The van der Waals surface area contributed by atoms with Crippen molar-refractivity contribution in [2.45, 2.75) is 65.0 Å².